The summed E-state index contributed by atoms with van der Waals surface area (Å²) < 4.78 is 4.90. The van der Waals surface area contributed by atoms with Crippen molar-refractivity contribution in [3.8, 4) is 0 Å². The van der Waals surface area contributed by atoms with E-state index in [0.717, 1.165) is 18.7 Å². The Morgan fingerprint density at radius 2 is 1.89 bits per heavy atom. The Hall–Kier alpha value is -1.39. The van der Waals surface area contributed by atoms with Crippen LogP contribution in [0.5, 0.6) is 0 Å². The van der Waals surface area contributed by atoms with Gasteiger partial charge in [-0.3, -0.25) is 4.79 Å². The van der Waals surface area contributed by atoms with Gasteiger partial charge < -0.3 is 14.7 Å². The maximum Gasteiger partial charge on any atom is 0.316 e. The number of hydrogen-bond acceptors (Lipinski definition) is 4. The van der Waals surface area contributed by atoms with E-state index in [0.29, 0.717) is 12.8 Å². The zero-order valence-electron chi connectivity index (χ0n) is 11.5. The quantitative estimate of drug-likeness (QED) is 0.838. The van der Waals surface area contributed by atoms with E-state index in [1.807, 2.05) is 37.4 Å². The summed E-state index contributed by atoms with van der Waals surface area (Å²) in [7, 11) is 3.39. The van der Waals surface area contributed by atoms with Gasteiger partial charge in [-0.15, -0.1) is 0 Å². The minimum absolute atomic E-state index is 0.363. The molecule has 1 aromatic carbocycles. The predicted molar refractivity (Wildman–Crippen MR) is 72.9 cm³/mol. The highest BCUT2D eigenvalue weighted by Gasteiger charge is 2.44. The largest absolute Gasteiger partial charge is 0.468 e. The number of methoxy groups -OCH3 is 1. The zero-order chi connectivity index (χ0) is 13.9. The number of benzene rings is 1. The Morgan fingerprint density at radius 3 is 2.42 bits per heavy atom. The molecule has 0 spiro atoms. The topological polar surface area (TPSA) is 49.8 Å². The van der Waals surface area contributed by atoms with Crippen molar-refractivity contribution in [3.05, 3.63) is 35.9 Å². The fourth-order valence-corrected chi connectivity index (χ4v) is 2.72. The van der Waals surface area contributed by atoms with Gasteiger partial charge >= 0.3 is 5.97 Å². The zero-order valence-corrected chi connectivity index (χ0v) is 11.5. The average Bonchev–Trinajstić information content (AvgIpc) is 2.43. The summed E-state index contributed by atoms with van der Waals surface area (Å²) in [5.74, 6) is -0.967. The third-order valence-electron chi connectivity index (χ3n) is 3.96. The predicted octanol–water partition coefficient (Wildman–Crippen LogP) is 1.40. The van der Waals surface area contributed by atoms with Crippen molar-refractivity contribution in [2.75, 3.05) is 27.2 Å². The van der Waals surface area contributed by atoms with Crippen LogP contribution in [0.3, 0.4) is 0 Å². The minimum atomic E-state index is -1.01. The molecule has 1 unspecified atom stereocenters. The van der Waals surface area contributed by atoms with Crippen molar-refractivity contribution in [2.24, 2.45) is 0 Å². The van der Waals surface area contributed by atoms with Crippen LogP contribution in [0.1, 0.15) is 24.3 Å². The molecule has 1 aliphatic rings. The second-order valence-corrected chi connectivity index (χ2v) is 5.27. The van der Waals surface area contributed by atoms with Crippen LogP contribution in [-0.2, 0) is 9.53 Å². The van der Waals surface area contributed by atoms with Gasteiger partial charge in [-0.25, -0.2) is 0 Å². The number of hydrogen-bond donors (Lipinski definition) is 1. The first kappa shape index (κ1) is 14.0. The maximum absolute atomic E-state index is 12.1. The second kappa shape index (κ2) is 5.72. The summed E-state index contributed by atoms with van der Waals surface area (Å²) >= 11 is 0. The lowest BCUT2D eigenvalue weighted by atomic mass is 9.76. The fourth-order valence-electron chi connectivity index (χ4n) is 2.72. The van der Waals surface area contributed by atoms with Crippen molar-refractivity contribution in [1.82, 2.24) is 4.90 Å². The average molecular weight is 263 g/mol. The van der Waals surface area contributed by atoms with Gasteiger partial charge in [0.05, 0.1) is 12.7 Å². The van der Waals surface area contributed by atoms with Crippen LogP contribution < -0.4 is 0 Å². The van der Waals surface area contributed by atoms with Crippen molar-refractivity contribution in [2.45, 2.75) is 24.4 Å². The van der Waals surface area contributed by atoms with Gasteiger partial charge in [-0.05, 0) is 25.5 Å². The Labute approximate surface area is 114 Å². The molecule has 1 aliphatic heterocycles. The molecule has 0 radical (unpaired) electrons. The summed E-state index contributed by atoms with van der Waals surface area (Å²) in [6.07, 6.45) is 1.16. The summed E-state index contributed by atoms with van der Waals surface area (Å²) in [6.45, 7) is 1.58. The number of nitrogens with zero attached hydrogens (tertiary/aromatic N) is 1. The lowest BCUT2D eigenvalue weighted by Crippen LogP contribution is -2.49. The van der Waals surface area contributed by atoms with Crippen molar-refractivity contribution >= 4 is 5.97 Å². The van der Waals surface area contributed by atoms with Crippen LogP contribution >= 0.6 is 0 Å². The smallest absolute Gasteiger partial charge is 0.316 e. The molecule has 1 N–H and O–H groups in total. The molecule has 0 saturated carbocycles. The molecular formula is C15H21NO3. The van der Waals surface area contributed by atoms with Crippen molar-refractivity contribution < 1.29 is 14.6 Å². The molecule has 4 heteroatoms. The monoisotopic (exact) mass is 263 g/mol. The molecule has 2 rings (SSSR count). The first-order chi connectivity index (χ1) is 9.07. The number of carbonyl (C=O) groups excluding carboxylic acids is 1. The summed E-state index contributed by atoms with van der Waals surface area (Å²) in [5.41, 5.74) is -0.192. The molecule has 1 aromatic rings. The van der Waals surface area contributed by atoms with E-state index >= 15 is 0 Å². The van der Waals surface area contributed by atoms with Crippen molar-refractivity contribution in [1.29, 1.82) is 0 Å². The number of likely N-dealkylation sites (tertiary alicyclic amines) is 1. The number of esters is 1. The van der Waals surface area contributed by atoms with E-state index < -0.39 is 11.5 Å². The highest BCUT2D eigenvalue weighted by Crippen LogP contribution is 2.37. The lowest BCUT2D eigenvalue weighted by molar-refractivity contribution is -0.152. The number of rotatable bonds is 3. The van der Waals surface area contributed by atoms with Crippen molar-refractivity contribution in [3.63, 3.8) is 0 Å². The maximum atomic E-state index is 12.1. The standard InChI is InChI=1S/C15H21NO3/c1-16-10-8-15(18,9-11-16)13(14(17)19-2)12-6-4-3-5-7-12/h3-7,13,18H,8-11H2,1-2H3. The second-order valence-electron chi connectivity index (χ2n) is 5.27. The highest BCUT2D eigenvalue weighted by atomic mass is 16.5. The molecule has 1 saturated heterocycles. The Bertz CT molecular complexity index is 424. The number of carbonyl (C=O) groups is 1. The molecule has 4 nitrogen and oxygen atoms in total. The van der Waals surface area contributed by atoms with Crippen LogP contribution in [0.25, 0.3) is 0 Å². The lowest BCUT2D eigenvalue weighted by Gasteiger charge is -2.40. The minimum Gasteiger partial charge on any atom is -0.468 e. The summed E-state index contributed by atoms with van der Waals surface area (Å²) in [4.78, 5) is 14.3. The van der Waals surface area contributed by atoms with Gasteiger partial charge in [-0.2, -0.15) is 0 Å². The highest BCUT2D eigenvalue weighted by molar-refractivity contribution is 5.79. The molecular weight excluding hydrogens is 242 g/mol. The molecule has 104 valence electrons. The van der Waals surface area contributed by atoms with Crippen LogP contribution in [0.4, 0.5) is 0 Å². The van der Waals surface area contributed by atoms with E-state index in [2.05, 4.69) is 4.90 Å². The Kier molecular flexibility index (Phi) is 4.22. The SMILES string of the molecule is COC(=O)C(c1ccccc1)C1(O)CCN(C)CC1. The number of aliphatic hydroxyl groups is 1. The number of piperidine rings is 1. The third kappa shape index (κ3) is 2.96. The van der Waals surface area contributed by atoms with Gasteiger partial charge in [0.1, 0.15) is 5.92 Å². The molecule has 0 bridgehead atoms. The van der Waals surface area contributed by atoms with E-state index in [1.165, 1.54) is 7.11 Å². The normalized spacial score (nSPS) is 20.8. The van der Waals surface area contributed by atoms with Gasteiger partial charge in [-0.1, -0.05) is 30.3 Å². The summed E-state index contributed by atoms with van der Waals surface area (Å²) in [5, 5.41) is 10.9. The molecule has 19 heavy (non-hydrogen) atoms. The van der Waals surface area contributed by atoms with Crippen LogP contribution in [0, 0.1) is 0 Å². The van der Waals surface area contributed by atoms with E-state index in [1.54, 1.807) is 0 Å². The molecule has 1 heterocycles. The molecule has 0 aromatic heterocycles. The third-order valence-corrected chi connectivity index (χ3v) is 3.96. The molecule has 1 fully saturated rings. The Morgan fingerprint density at radius 1 is 1.32 bits per heavy atom. The Balaban J connectivity index is 2.30. The van der Waals surface area contributed by atoms with Gasteiger partial charge in [0, 0.05) is 13.1 Å². The molecule has 0 aliphatic carbocycles. The first-order valence-corrected chi connectivity index (χ1v) is 6.60. The van der Waals surface area contributed by atoms with E-state index in [9.17, 15) is 9.90 Å². The van der Waals surface area contributed by atoms with E-state index in [-0.39, 0.29) is 5.97 Å². The van der Waals surface area contributed by atoms with Gasteiger partial charge in [0.15, 0.2) is 0 Å². The van der Waals surface area contributed by atoms with Gasteiger partial charge in [0.25, 0.3) is 0 Å². The summed E-state index contributed by atoms with van der Waals surface area (Å²) in [6, 6.07) is 9.40. The number of ether oxygens (including phenoxy) is 1. The van der Waals surface area contributed by atoms with Crippen LogP contribution in [-0.4, -0.2) is 48.8 Å². The van der Waals surface area contributed by atoms with Crippen LogP contribution in [0.15, 0.2) is 30.3 Å². The van der Waals surface area contributed by atoms with Crippen LogP contribution in [0.2, 0.25) is 0 Å². The fraction of sp³-hybridized carbons (Fsp3) is 0.533. The first-order valence-electron chi connectivity index (χ1n) is 6.60. The molecule has 1 atom stereocenters. The molecule has 0 amide bonds. The van der Waals surface area contributed by atoms with Gasteiger partial charge in [0.2, 0.25) is 0 Å². The van der Waals surface area contributed by atoms with E-state index in [4.69, 9.17) is 4.74 Å².